The van der Waals surface area contributed by atoms with Crippen LogP contribution in [0.4, 0.5) is 5.69 Å². The van der Waals surface area contributed by atoms with Gasteiger partial charge in [0.15, 0.2) is 0 Å². The van der Waals surface area contributed by atoms with Crippen molar-refractivity contribution in [2.45, 2.75) is 33.7 Å². The van der Waals surface area contributed by atoms with Gasteiger partial charge in [-0.2, -0.15) is 0 Å². The number of nitrogens with zero attached hydrogens (tertiary/aromatic N) is 1. The van der Waals surface area contributed by atoms with Crippen LogP contribution in [0.3, 0.4) is 0 Å². The second-order valence-electron chi connectivity index (χ2n) is 6.28. The summed E-state index contributed by atoms with van der Waals surface area (Å²) in [7, 11) is 0. The van der Waals surface area contributed by atoms with Crippen LogP contribution in [0.5, 0.6) is 0 Å². The molecule has 5 nitrogen and oxygen atoms in total. The van der Waals surface area contributed by atoms with Crippen molar-refractivity contribution in [3.8, 4) is 11.3 Å². The van der Waals surface area contributed by atoms with Gasteiger partial charge in [-0.15, -0.1) is 0 Å². The van der Waals surface area contributed by atoms with Crippen molar-refractivity contribution < 1.29 is 9.59 Å². The Morgan fingerprint density at radius 1 is 0.958 bits per heavy atom. The lowest BCUT2D eigenvalue weighted by atomic mass is 10.1. The molecule has 0 radical (unpaired) electrons. The van der Waals surface area contributed by atoms with E-state index in [2.05, 4.69) is 15.6 Å². The van der Waals surface area contributed by atoms with Gasteiger partial charge in [0.2, 0.25) is 5.91 Å². The van der Waals surface area contributed by atoms with Crippen molar-refractivity contribution in [1.29, 1.82) is 0 Å². The highest BCUT2D eigenvalue weighted by Crippen LogP contribution is 2.20. The number of benzene rings is 1. The van der Waals surface area contributed by atoms with Crippen molar-refractivity contribution in [2.75, 3.05) is 5.32 Å². The second-order valence-corrected chi connectivity index (χ2v) is 6.28. The number of carbonyl (C=O) groups is 2. The van der Waals surface area contributed by atoms with E-state index >= 15 is 0 Å². The van der Waals surface area contributed by atoms with Gasteiger partial charge >= 0.3 is 0 Å². The minimum Gasteiger partial charge on any atom is -0.350 e. The predicted octanol–water partition coefficient (Wildman–Crippen LogP) is 3.48. The minimum absolute atomic E-state index is 0.0126. The van der Waals surface area contributed by atoms with Crippen molar-refractivity contribution in [3.63, 3.8) is 0 Å². The number of nitrogens with one attached hydrogen (secondary N) is 2. The molecular formula is C19H23N3O2. The monoisotopic (exact) mass is 325 g/mol. The zero-order valence-corrected chi connectivity index (χ0v) is 14.5. The van der Waals surface area contributed by atoms with Crippen molar-refractivity contribution in [3.05, 3.63) is 48.2 Å². The predicted molar refractivity (Wildman–Crippen MR) is 95.7 cm³/mol. The number of pyridine rings is 1. The molecule has 0 aliphatic carbocycles. The highest BCUT2D eigenvalue weighted by molar-refractivity contribution is 5.94. The molecule has 1 heterocycles. The molecule has 0 spiro atoms. The van der Waals surface area contributed by atoms with Crippen LogP contribution in [-0.2, 0) is 4.79 Å². The average molecular weight is 325 g/mol. The van der Waals surface area contributed by atoms with Crippen LogP contribution in [0.15, 0.2) is 42.6 Å². The van der Waals surface area contributed by atoms with E-state index in [-0.39, 0.29) is 23.8 Å². The van der Waals surface area contributed by atoms with Crippen LogP contribution in [0.25, 0.3) is 11.3 Å². The molecule has 0 saturated carbocycles. The number of amides is 2. The first-order chi connectivity index (χ1) is 11.4. The van der Waals surface area contributed by atoms with Gasteiger partial charge in [0.25, 0.3) is 5.91 Å². The smallest absolute Gasteiger partial charge is 0.253 e. The molecule has 2 amide bonds. The molecule has 24 heavy (non-hydrogen) atoms. The first-order valence-electron chi connectivity index (χ1n) is 8.05. The Morgan fingerprint density at radius 2 is 1.62 bits per heavy atom. The topological polar surface area (TPSA) is 71.1 Å². The molecule has 2 rings (SSSR count). The number of anilines is 1. The lowest BCUT2D eigenvalue weighted by Crippen LogP contribution is -2.30. The summed E-state index contributed by atoms with van der Waals surface area (Å²) in [6, 6.07) is 11.1. The molecule has 1 aromatic carbocycles. The molecule has 2 aromatic rings. The summed E-state index contributed by atoms with van der Waals surface area (Å²) in [5.41, 5.74) is 2.99. The van der Waals surface area contributed by atoms with Gasteiger partial charge in [0, 0.05) is 29.4 Å². The largest absolute Gasteiger partial charge is 0.350 e. The van der Waals surface area contributed by atoms with E-state index < -0.39 is 0 Å². The third kappa shape index (κ3) is 4.65. The first kappa shape index (κ1) is 17.7. The molecule has 0 atom stereocenters. The molecule has 2 N–H and O–H groups in total. The third-order valence-corrected chi connectivity index (χ3v) is 3.42. The number of aromatic nitrogens is 1. The summed E-state index contributed by atoms with van der Waals surface area (Å²) in [4.78, 5) is 27.9. The highest BCUT2D eigenvalue weighted by atomic mass is 16.2. The highest BCUT2D eigenvalue weighted by Gasteiger charge is 2.09. The molecule has 5 heteroatoms. The Bertz CT molecular complexity index is 704. The quantitative estimate of drug-likeness (QED) is 0.884. The maximum absolute atomic E-state index is 11.9. The van der Waals surface area contributed by atoms with E-state index in [0.717, 1.165) is 16.9 Å². The van der Waals surface area contributed by atoms with Crippen LogP contribution in [-0.4, -0.2) is 22.8 Å². The fourth-order valence-electron chi connectivity index (χ4n) is 2.06. The number of rotatable bonds is 5. The van der Waals surface area contributed by atoms with E-state index in [4.69, 9.17) is 0 Å². The van der Waals surface area contributed by atoms with Crippen LogP contribution in [0.1, 0.15) is 38.1 Å². The Hall–Kier alpha value is -2.69. The van der Waals surface area contributed by atoms with E-state index in [9.17, 15) is 9.59 Å². The molecule has 0 unspecified atom stereocenters. The van der Waals surface area contributed by atoms with Gasteiger partial charge in [-0.1, -0.05) is 26.0 Å². The van der Waals surface area contributed by atoms with Gasteiger partial charge in [0.1, 0.15) is 0 Å². The Balaban J connectivity index is 2.09. The summed E-state index contributed by atoms with van der Waals surface area (Å²) in [5, 5.41) is 5.68. The van der Waals surface area contributed by atoms with Crippen LogP contribution >= 0.6 is 0 Å². The molecule has 0 bridgehead atoms. The van der Waals surface area contributed by atoms with E-state index in [0.29, 0.717) is 5.56 Å². The molecule has 0 fully saturated rings. The third-order valence-electron chi connectivity index (χ3n) is 3.42. The zero-order chi connectivity index (χ0) is 17.7. The molecule has 0 saturated heterocycles. The van der Waals surface area contributed by atoms with Crippen molar-refractivity contribution in [1.82, 2.24) is 10.3 Å². The van der Waals surface area contributed by atoms with Gasteiger partial charge in [-0.3, -0.25) is 14.6 Å². The van der Waals surface area contributed by atoms with E-state index in [1.165, 1.54) is 0 Å². The summed E-state index contributed by atoms with van der Waals surface area (Å²) in [6.07, 6.45) is 1.57. The Morgan fingerprint density at radius 3 is 2.12 bits per heavy atom. The molecule has 1 aromatic heterocycles. The first-order valence-corrected chi connectivity index (χ1v) is 8.05. The molecular weight excluding hydrogens is 302 g/mol. The SMILES string of the molecule is CC(C)NC(=O)c1ccc(-c2ccc(NC(=O)C(C)C)cc2)nc1. The Labute approximate surface area is 142 Å². The van der Waals surface area contributed by atoms with E-state index in [1.807, 2.05) is 58.0 Å². The lowest BCUT2D eigenvalue weighted by Gasteiger charge is -2.09. The van der Waals surface area contributed by atoms with Crippen molar-refractivity contribution in [2.24, 2.45) is 5.92 Å². The van der Waals surface area contributed by atoms with Gasteiger partial charge in [0.05, 0.1) is 11.3 Å². The summed E-state index contributed by atoms with van der Waals surface area (Å²) >= 11 is 0. The van der Waals surface area contributed by atoms with Crippen LogP contribution in [0.2, 0.25) is 0 Å². The van der Waals surface area contributed by atoms with Gasteiger partial charge in [-0.05, 0) is 38.1 Å². The molecule has 0 aliphatic heterocycles. The average Bonchev–Trinajstić information content (AvgIpc) is 2.55. The molecule has 126 valence electrons. The standard InChI is InChI=1S/C19H23N3O2/c1-12(2)18(23)22-16-8-5-14(6-9-16)17-10-7-15(11-20-17)19(24)21-13(3)4/h5-13H,1-4H3,(H,21,24)(H,22,23). The van der Waals surface area contributed by atoms with Gasteiger partial charge < -0.3 is 10.6 Å². The summed E-state index contributed by atoms with van der Waals surface area (Å²) < 4.78 is 0. The van der Waals surface area contributed by atoms with Gasteiger partial charge in [-0.25, -0.2) is 0 Å². The van der Waals surface area contributed by atoms with E-state index in [1.54, 1.807) is 12.3 Å². The second kappa shape index (κ2) is 7.73. The Kier molecular flexibility index (Phi) is 5.68. The van der Waals surface area contributed by atoms with Crippen molar-refractivity contribution >= 4 is 17.5 Å². The van der Waals surface area contributed by atoms with Crippen LogP contribution < -0.4 is 10.6 Å². The fraction of sp³-hybridized carbons (Fsp3) is 0.316. The van der Waals surface area contributed by atoms with Crippen LogP contribution in [0, 0.1) is 5.92 Å². The fourth-order valence-corrected chi connectivity index (χ4v) is 2.06. The maximum atomic E-state index is 11.9. The molecule has 0 aliphatic rings. The zero-order valence-electron chi connectivity index (χ0n) is 14.5. The number of hydrogen-bond donors (Lipinski definition) is 2. The summed E-state index contributed by atoms with van der Waals surface area (Å²) in [5.74, 6) is -0.201. The minimum atomic E-state index is -0.129. The lowest BCUT2D eigenvalue weighted by molar-refractivity contribution is -0.118. The maximum Gasteiger partial charge on any atom is 0.253 e. The summed E-state index contributed by atoms with van der Waals surface area (Å²) in [6.45, 7) is 7.54. The number of carbonyl (C=O) groups excluding carboxylic acids is 2. The number of hydrogen-bond acceptors (Lipinski definition) is 3. The normalized spacial score (nSPS) is 10.8.